The molecule has 1 aromatic heterocycles. The third-order valence-corrected chi connectivity index (χ3v) is 2.55. The number of hydrogen-bond donors (Lipinski definition) is 1. The molecule has 18 heavy (non-hydrogen) atoms. The van der Waals surface area contributed by atoms with Gasteiger partial charge in [-0.15, -0.1) is 11.6 Å². The van der Waals surface area contributed by atoms with E-state index in [1.54, 1.807) is 24.3 Å². The first kappa shape index (κ1) is 12.4. The number of nitrogens with one attached hydrogen (secondary N) is 1. The van der Waals surface area contributed by atoms with Crippen LogP contribution in [-0.2, 0) is 9.53 Å². The van der Waals surface area contributed by atoms with Crippen LogP contribution in [0.15, 0.2) is 28.7 Å². The molecule has 5 nitrogen and oxygen atoms in total. The van der Waals surface area contributed by atoms with E-state index >= 15 is 0 Å². The molecule has 0 aliphatic heterocycles. The summed E-state index contributed by atoms with van der Waals surface area (Å²) in [6, 6.07) is 6.57. The summed E-state index contributed by atoms with van der Waals surface area (Å²) in [5, 5.41) is 3.30. The number of carbonyl (C=O) groups is 2. The van der Waals surface area contributed by atoms with Crippen LogP contribution in [0.1, 0.15) is 10.6 Å². The molecule has 0 fully saturated rings. The molecule has 1 heterocycles. The maximum absolute atomic E-state index is 11.3. The summed E-state index contributed by atoms with van der Waals surface area (Å²) in [6.07, 6.45) is 0. The maximum atomic E-state index is 11.3. The van der Waals surface area contributed by atoms with Crippen LogP contribution >= 0.6 is 11.6 Å². The zero-order valence-electron chi connectivity index (χ0n) is 9.53. The highest BCUT2D eigenvalue weighted by Crippen LogP contribution is 2.23. The minimum atomic E-state index is -0.544. The lowest BCUT2D eigenvalue weighted by molar-refractivity contribution is -0.113. The first-order chi connectivity index (χ1) is 8.63. The smallest absolute Gasteiger partial charge is 0.373 e. The second-order valence-electron chi connectivity index (χ2n) is 3.54. The van der Waals surface area contributed by atoms with Crippen molar-refractivity contribution in [3.8, 4) is 0 Å². The van der Waals surface area contributed by atoms with Gasteiger partial charge in [0.05, 0.1) is 7.11 Å². The molecule has 2 aromatic rings. The molecular weight excluding hydrogens is 258 g/mol. The monoisotopic (exact) mass is 267 g/mol. The topological polar surface area (TPSA) is 68.5 Å². The number of alkyl halides is 1. The molecule has 0 aliphatic rings. The quantitative estimate of drug-likeness (QED) is 0.685. The average Bonchev–Trinajstić information content (AvgIpc) is 2.80. The summed E-state index contributed by atoms with van der Waals surface area (Å²) in [7, 11) is 1.28. The van der Waals surface area contributed by atoms with Crippen LogP contribution in [0.4, 0.5) is 5.69 Å². The summed E-state index contributed by atoms with van der Waals surface area (Å²) >= 11 is 5.39. The van der Waals surface area contributed by atoms with Crippen LogP contribution in [-0.4, -0.2) is 24.9 Å². The van der Waals surface area contributed by atoms with E-state index in [0.717, 1.165) is 0 Å². The van der Waals surface area contributed by atoms with Gasteiger partial charge in [0.25, 0.3) is 0 Å². The standard InChI is InChI=1S/C12H10ClNO4/c1-17-12(16)10-5-7-4-8(14-11(15)6-13)2-3-9(7)18-10/h2-5H,6H2,1H3,(H,14,15). The molecule has 0 radical (unpaired) electrons. The van der Waals surface area contributed by atoms with E-state index in [9.17, 15) is 9.59 Å². The van der Waals surface area contributed by atoms with E-state index in [4.69, 9.17) is 16.0 Å². The van der Waals surface area contributed by atoms with Crippen molar-refractivity contribution in [1.82, 2.24) is 0 Å². The number of fused-ring (bicyclic) bond motifs is 1. The first-order valence-corrected chi connectivity index (χ1v) is 5.65. The van der Waals surface area contributed by atoms with Gasteiger partial charge in [0.2, 0.25) is 11.7 Å². The fourth-order valence-corrected chi connectivity index (χ4v) is 1.58. The molecule has 94 valence electrons. The zero-order valence-corrected chi connectivity index (χ0v) is 10.3. The highest BCUT2D eigenvalue weighted by Gasteiger charge is 2.12. The molecule has 0 bridgehead atoms. The second-order valence-corrected chi connectivity index (χ2v) is 3.80. The number of furan rings is 1. The number of benzene rings is 1. The van der Waals surface area contributed by atoms with Gasteiger partial charge >= 0.3 is 5.97 Å². The van der Waals surface area contributed by atoms with Gasteiger partial charge in [-0.2, -0.15) is 0 Å². The van der Waals surface area contributed by atoms with Gasteiger partial charge in [0.1, 0.15) is 11.5 Å². The summed E-state index contributed by atoms with van der Waals surface area (Å²) < 4.78 is 9.85. The number of halogens is 1. The van der Waals surface area contributed by atoms with Crippen LogP contribution in [0.5, 0.6) is 0 Å². The molecule has 0 aliphatic carbocycles. The Morgan fingerprint density at radius 1 is 1.39 bits per heavy atom. The Hall–Kier alpha value is -2.01. The molecule has 0 atom stereocenters. The predicted molar refractivity (Wildman–Crippen MR) is 66.9 cm³/mol. The molecule has 1 amide bonds. The third kappa shape index (κ3) is 2.46. The fraction of sp³-hybridized carbons (Fsp3) is 0.167. The number of hydrogen-bond acceptors (Lipinski definition) is 4. The molecule has 2 rings (SSSR count). The zero-order chi connectivity index (χ0) is 13.1. The number of methoxy groups -OCH3 is 1. The summed E-state index contributed by atoms with van der Waals surface area (Å²) in [5.41, 5.74) is 1.13. The number of carbonyl (C=O) groups excluding carboxylic acids is 2. The number of rotatable bonds is 3. The first-order valence-electron chi connectivity index (χ1n) is 5.12. The van der Waals surface area contributed by atoms with E-state index in [0.29, 0.717) is 16.7 Å². The van der Waals surface area contributed by atoms with Crippen molar-refractivity contribution in [3.63, 3.8) is 0 Å². The van der Waals surface area contributed by atoms with Crippen LogP contribution in [0.2, 0.25) is 0 Å². The molecular formula is C12H10ClNO4. The van der Waals surface area contributed by atoms with Crippen LogP contribution in [0, 0.1) is 0 Å². The average molecular weight is 268 g/mol. The summed E-state index contributed by atoms with van der Waals surface area (Å²) in [6.45, 7) is 0. The van der Waals surface area contributed by atoms with Crippen molar-refractivity contribution in [2.75, 3.05) is 18.3 Å². The summed E-state index contributed by atoms with van der Waals surface area (Å²) in [5.74, 6) is -0.838. The Morgan fingerprint density at radius 3 is 2.83 bits per heavy atom. The molecule has 6 heteroatoms. The van der Waals surface area contributed by atoms with Gasteiger partial charge in [-0.25, -0.2) is 4.79 Å². The van der Waals surface area contributed by atoms with Crippen molar-refractivity contribution in [1.29, 1.82) is 0 Å². The van der Waals surface area contributed by atoms with E-state index in [1.807, 2.05) is 0 Å². The van der Waals surface area contributed by atoms with E-state index in [2.05, 4.69) is 10.1 Å². The molecule has 1 aromatic carbocycles. The normalized spacial score (nSPS) is 10.3. The van der Waals surface area contributed by atoms with Crippen molar-refractivity contribution < 1.29 is 18.7 Å². The molecule has 0 saturated heterocycles. The highest BCUT2D eigenvalue weighted by atomic mass is 35.5. The minimum Gasteiger partial charge on any atom is -0.463 e. The van der Waals surface area contributed by atoms with Gasteiger partial charge in [-0.1, -0.05) is 0 Å². The van der Waals surface area contributed by atoms with E-state index in [-0.39, 0.29) is 17.5 Å². The van der Waals surface area contributed by atoms with E-state index in [1.165, 1.54) is 7.11 Å². The van der Waals surface area contributed by atoms with E-state index < -0.39 is 5.97 Å². The summed E-state index contributed by atoms with van der Waals surface area (Å²) in [4.78, 5) is 22.4. The van der Waals surface area contributed by atoms with Crippen molar-refractivity contribution >= 4 is 40.1 Å². The SMILES string of the molecule is COC(=O)c1cc2cc(NC(=O)CCl)ccc2o1. The van der Waals surface area contributed by atoms with Crippen LogP contribution < -0.4 is 5.32 Å². The molecule has 0 saturated carbocycles. The van der Waals surface area contributed by atoms with Gasteiger partial charge < -0.3 is 14.5 Å². The largest absolute Gasteiger partial charge is 0.463 e. The molecule has 0 spiro atoms. The van der Waals surface area contributed by atoms with Crippen LogP contribution in [0.3, 0.4) is 0 Å². The van der Waals surface area contributed by atoms with Gasteiger partial charge in [-0.05, 0) is 24.3 Å². The van der Waals surface area contributed by atoms with Gasteiger partial charge in [0, 0.05) is 11.1 Å². The second kappa shape index (κ2) is 5.10. The van der Waals surface area contributed by atoms with Gasteiger partial charge in [-0.3, -0.25) is 4.79 Å². The highest BCUT2D eigenvalue weighted by molar-refractivity contribution is 6.29. The third-order valence-electron chi connectivity index (χ3n) is 2.31. The Balaban J connectivity index is 2.33. The fourth-order valence-electron chi connectivity index (χ4n) is 1.52. The van der Waals surface area contributed by atoms with Gasteiger partial charge in [0.15, 0.2) is 0 Å². The van der Waals surface area contributed by atoms with Crippen molar-refractivity contribution in [3.05, 3.63) is 30.0 Å². The predicted octanol–water partition coefficient (Wildman–Crippen LogP) is 2.40. The maximum Gasteiger partial charge on any atom is 0.373 e. The molecule has 0 unspecified atom stereocenters. The Morgan fingerprint density at radius 2 is 2.17 bits per heavy atom. The lowest BCUT2D eigenvalue weighted by atomic mass is 10.2. The minimum absolute atomic E-state index is 0.114. The number of anilines is 1. The van der Waals surface area contributed by atoms with Crippen molar-refractivity contribution in [2.45, 2.75) is 0 Å². The van der Waals surface area contributed by atoms with Crippen molar-refractivity contribution in [2.24, 2.45) is 0 Å². The Bertz CT molecular complexity index is 605. The number of amides is 1. The number of esters is 1. The van der Waals surface area contributed by atoms with Crippen LogP contribution in [0.25, 0.3) is 11.0 Å². The lowest BCUT2D eigenvalue weighted by Crippen LogP contribution is -2.12. The molecule has 1 N–H and O–H groups in total. The Labute approximate surface area is 108 Å². The lowest BCUT2D eigenvalue weighted by Gasteiger charge is -2.01. The number of ether oxygens (including phenoxy) is 1. The Kier molecular flexibility index (Phi) is 3.53.